The Labute approximate surface area is 153 Å². The summed E-state index contributed by atoms with van der Waals surface area (Å²) in [5.74, 6) is -0.480. The molecule has 2 atom stereocenters. The van der Waals surface area contributed by atoms with Crippen LogP contribution in [-0.2, 0) is 14.6 Å². The van der Waals surface area contributed by atoms with Gasteiger partial charge in [0.05, 0.1) is 23.6 Å². The normalized spacial score (nSPS) is 24.9. The summed E-state index contributed by atoms with van der Waals surface area (Å²) in [6, 6.07) is 7.66. The number of fused-ring (bicyclic) bond motifs is 1. The van der Waals surface area contributed by atoms with Crippen LogP contribution >= 0.6 is 0 Å². The number of ether oxygens (including phenoxy) is 1. The zero-order valence-corrected chi connectivity index (χ0v) is 16.0. The van der Waals surface area contributed by atoms with Crippen molar-refractivity contribution in [2.45, 2.75) is 38.5 Å². The van der Waals surface area contributed by atoms with Crippen molar-refractivity contribution >= 4 is 21.8 Å². The van der Waals surface area contributed by atoms with Gasteiger partial charge in [0.25, 0.3) is 5.91 Å². The van der Waals surface area contributed by atoms with Crippen LogP contribution in [0.5, 0.6) is 0 Å². The maximum Gasteiger partial charge on any atom is 0.410 e. The minimum atomic E-state index is -3.33. The summed E-state index contributed by atoms with van der Waals surface area (Å²) in [6.45, 7) is 5.84. The van der Waals surface area contributed by atoms with Crippen LogP contribution < -0.4 is 0 Å². The number of hydrogen-bond acceptors (Lipinski definition) is 5. The number of sulfone groups is 1. The van der Waals surface area contributed by atoms with Crippen molar-refractivity contribution in [2.24, 2.45) is 0 Å². The number of carbonyl (C=O) groups excluding carboxylic acids is 2. The Bertz CT molecular complexity index is 801. The monoisotopic (exact) mass is 380 g/mol. The zero-order valence-electron chi connectivity index (χ0n) is 15.2. The number of amides is 2. The molecule has 0 aliphatic carbocycles. The second kappa shape index (κ2) is 6.57. The van der Waals surface area contributed by atoms with Crippen molar-refractivity contribution in [2.75, 3.05) is 24.6 Å². The Morgan fingerprint density at radius 2 is 1.54 bits per heavy atom. The fraction of sp³-hybridized carbons (Fsp3) is 0.556. The molecule has 2 aliphatic heterocycles. The van der Waals surface area contributed by atoms with E-state index in [1.807, 2.05) is 6.07 Å². The molecule has 3 rings (SSSR count). The third kappa shape index (κ3) is 3.85. The van der Waals surface area contributed by atoms with Crippen molar-refractivity contribution in [3.05, 3.63) is 35.9 Å². The van der Waals surface area contributed by atoms with Crippen LogP contribution in [-0.4, -0.2) is 72.5 Å². The first-order valence-electron chi connectivity index (χ1n) is 8.63. The van der Waals surface area contributed by atoms with Gasteiger partial charge in [-0.2, -0.15) is 0 Å². The smallest absolute Gasteiger partial charge is 0.410 e. The summed E-state index contributed by atoms with van der Waals surface area (Å²) in [5.41, 5.74) is -0.151. The average molecular weight is 380 g/mol. The Hall–Kier alpha value is -2.09. The van der Waals surface area contributed by atoms with E-state index in [2.05, 4.69) is 0 Å². The zero-order chi connectivity index (χ0) is 19.1. The number of nitrogens with zero attached hydrogens (tertiary/aromatic N) is 2. The lowest BCUT2D eigenvalue weighted by Crippen LogP contribution is -2.62. The standard InChI is InChI=1S/C18H24N2O5S/c1-18(2,3)25-17(22)20-10-9-19(14-11-26(23,24)12-15(14)20)16(21)13-7-5-4-6-8-13/h4-8,14-15H,9-12H2,1-3H3/t14-,15+/m0/s1. The molecule has 142 valence electrons. The fourth-order valence-electron chi connectivity index (χ4n) is 3.50. The molecule has 0 aromatic heterocycles. The molecule has 1 aromatic carbocycles. The highest BCUT2D eigenvalue weighted by Gasteiger charge is 2.50. The largest absolute Gasteiger partial charge is 0.444 e. The minimum absolute atomic E-state index is 0.129. The molecular weight excluding hydrogens is 356 g/mol. The fourth-order valence-corrected chi connectivity index (χ4v) is 5.48. The molecule has 7 nitrogen and oxygen atoms in total. The topological polar surface area (TPSA) is 84.0 Å². The summed E-state index contributed by atoms with van der Waals surface area (Å²) in [4.78, 5) is 28.4. The lowest BCUT2D eigenvalue weighted by Gasteiger charge is -2.43. The summed E-state index contributed by atoms with van der Waals surface area (Å²) in [7, 11) is -3.33. The van der Waals surface area contributed by atoms with Gasteiger partial charge in [-0.3, -0.25) is 4.79 Å². The van der Waals surface area contributed by atoms with Crippen LogP contribution in [0.25, 0.3) is 0 Å². The van der Waals surface area contributed by atoms with Crippen molar-refractivity contribution in [3.63, 3.8) is 0 Å². The van der Waals surface area contributed by atoms with E-state index >= 15 is 0 Å². The predicted octanol–water partition coefficient (Wildman–Crippen LogP) is 1.55. The molecule has 2 aliphatic rings. The average Bonchev–Trinajstić information content (AvgIpc) is 2.87. The molecule has 0 saturated carbocycles. The van der Waals surface area contributed by atoms with Crippen LogP contribution in [0.1, 0.15) is 31.1 Å². The first-order valence-corrected chi connectivity index (χ1v) is 10.5. The molecule has 0 bridgehead atoms. The molecular formula is C18H24N2O5S. The second-order valence-corrected chi connectivity index (χ2v) is 9.90. The third-order valence-electron chi connectivity index (χ3n) is 4.59. The summed E-state index contributed by atoms with van der Waals surface area (Å²) >= 11 is 0. The second-order valence-electron chi connectivity index (χ2n) is 7.75. The van der Waals surface area contributed by atoms with E-state index in [0.717, 1.165) is 0 Å². The molecule has 1 aromatic rings. The molecule has 2 saturated heterocycles. The van der Waals surface area contributed by atoms with Gasteiger partial charge < -0.3 is 14.5 Å². The SMILES string of the molecule is CC(C)(C)OC(=O)N1CCN(C(=O)c2ccccc2)[C@H]2CS(=O)(=O)C[C@H]21. The third-order valence-corrected chi connectivity index (χ3v) is 6.28. The number of benzene rings is 1. The highest BCUT2D eigenvalue weighted by molar-refractivity contribution is 7.91. The molecule has 0 unspecified atom stereocenters. The number of rotatable bonds is 1. The Morgan fingerprint density at radius 3 is 2.12 bits per heavy atom. The van der Waals surface area contributed by atoms with Crippen LogP contribution in [0.4, 0.5) is 4.79 Å². The minimum Gasteiger partial charge on any atom is -0.444 e. The predicted molar refractivity (Wildman–Crippen MR) is 96.6 cm³/mol. The van der Waals surface area contributed by atoms with Gasteiger partial charge in [-0.15, -0.1) is 0 Å². The molecule has 0 N–H and O–H groups in total. The lowest BCUT2D eigenvalue weighted by molar-refractivity contribution is -0.00693. The van der Waals surface area contributed by atoms with Gasteiger partial charge >= 0.3 is 6.09 Å². The lowest BCUT2D eigenvalue weighted by atomic mass is 10.0. The quantitative estimate of drug-likeness (QED) is 0.738. The van der Waals surface area contributed by atoms with E-state index in [1.165, 1.54) is 4.90 Å². The summed E-state index contributed by atoms with van der Waals surface area (Å²) in [5, 5.41) is 0. The van der Waals surface area contributed by atoms with Crippen molar-refractivity contribution in [3.8, 4) is 0 Å². The number of carbonyl (C=O) groups is 2. The van der Waals surface area contributed by atoms with Crippen molar-refractivity contribution < 1.29 is 22.7 Å². The molecule has 0 spiro atoms. The maximum atomic E-state index is 12.9. The number of piperazine rings is 1. The Morgan fingerprint density at radius 1 is 1.00 bits per heavy atom. The molecule has 2 heterocycles. The Kier molecular flexibility index (Phi) is 4.72. The van der Waals surface area contributed by atoms with Gasteiger partial charge in [0, 0.05) is 18.7 Å². The Balaban J connectivity index is 1.86. The van der Waals surface area contributed by atoms with Crippen LogP contribution in [0, 0.1) is 0 Å². The summed E-state index contributed by atoms with van der Waals surface area (Å²) < 4.78 is 29.9. The first-order chi connectivity index (χ1) is 12.1. The molecule has 2 fully saturated rings. The van der Waals surface area contributed by atoms with Gasteiger partial charge in [0.15, 0.2) is 9.84 Å². The van der Waals surface area contributed by atoms with Crippen LogP contribution in [0.2, 0.25) is 0 Å². The maximum absolute atomic E-state index is 12.9. The molecule has 26 heavy (non-hydrogen) atoms. The van der Waals surface area contributed by atoms with E-state index in [1.54, 1.807) is 49.9 Å². The van der Waals surface area contributed by atoms with Crippen LogP contribution in [0.15, 0.2) is 30.3 Å². The van der Waals surface area contributed by atoms with Crippen molar-refractivity contribution in [1.82, 2.24) is 9.80 Å². The summed E-state index contributed by atoms with van der Waals surface area (Å²) in [6.07, 6.45) is -0.531. The highest BCUT2D eigenvalue weighted by Crippen LogP contribution is 2.29. The molecule has 8 heteroatoms. The van der Waals surface area contributed by atoms with Gasteiger partial charge in [-0.05, 0) is 32.9 Å². The van der Waals surface area contributed by atoms with Gasteiger partial charge in [-0.25, -0.2) is 13.2 Å². The van der Waals surface area contributed by atoms with E-state index in [4.69, 9.17) is 4.74 Å². The van der Waals surface area contributed by atoms with Crippen LogP contribution in [0.3, 0.4) is 0 Å². The van der Waals surface area contributed by atoms with Gasteiger partial charge in [0.2, 0.25) is 0 Å². The number of hydrogen-bond donors (Lipinski definition) is 0. The first kappa shape index (κ1) is 18.7. The van der Waals surface area contributed by atoms with E-state index in [9.17, 15) is 18.0 Å². The van der Waals surface area contributed by atoms with Gasteiger partial charge in [0.1, 0.15) is 5.60 Å². The highest BCUT2D eigenvalue weighted by atomic mass is 32.2. The van der Waals surface area contributed by atoms with Crippen molar-refractivity contribution in [1.29, 1.82) is 0 Å². The van der Waals surface area contributed by atoms with E-state index in [0.29, 0.717) is 5.56 Å². The van der Waals surface area contributed by atoms with E-state index in [-0.39, 0.29) is 30.5 Å². The van der Waals surface area contributed by atoms with E-state index < -0.39 is 33.6 Å². The van der Waals surface area contributed by atoms with Gasteiger partial charge in [-0.1, -0.05) is 18.2 Å². The molecule has 0 radical (unpaired) electrons. The molecule has 2 amide bonds.